The molecular weight excluding hydrogens is 368 g/mol. The molecule has 2 heteroatoms. The topological polar surface area (TPSA) is 40.5 Å². The minimum Gasteiger partial charge on any atom is -0.393 e. The number of allylic oxidation sites excluding steroid dienone is 4. The number of rotatable bonds is 5. The van der Waals surface area contributed by atoms with E-state index in [9.17, 15) is 10.2 Å². The third kappa shape index (κ3) is 3.47. The summed E-state index contributed by atoms with van der Waals surface area (Å²) in [7, 11) is 0. The van der Waals surface area contributed by atoms with Crippen molar-refractivity contribution in [1.29, 1.82) is 0 Å². The number of fused-ring (bicyclic) bond motifs is 5. The van der Waals surface area contributed by atoms with Crippen LogP contribution in [0.3, 0.4) is 0 Å². The van der Waals surface area contributed by atoms with Gasteiger partial charge in [-0.05, 0) is 99.2 Å². The van der Waals surface area contributed by atoms with E-state index in [-0.39, 0.29) is 16.9 Å². The lowest BCUT2D eigenvalue weighted by Gasteiger charge is -2.55. The lowest BCUT2D eigenvalue weighted by molar-refractivity contribution is -0.0711. The highest BCUT2D eigenvalue weighted by atomic mass is 16.3. The molecule has 168 valence electrons. The highest BCUT2D eigenvalue weighted by Crippen LogP contribution is 2.66. The highest BCUT2D eigenvalue weighted by molar-refractivity contribution is 5.39. The summed E-state index contributed by atoms with van der Waals surface area (Å²) in [6.45, 7) is 15.7. The van der Waals surface area contributed by atoms with Crippen LogP contribution >= 0.6 is 0 Å². The lowest BCUT2D eigenvalue weighted by atomic mass is 9.49. The van der Waals surface area contributed by atoms with Crippen LogP contribution in [-0.2, 0) is 0 Å². The zero-order valence-electron chi connectivity index (χ0n) is 20.0. The Morgan fingerprint density at radius 1 is 1.13 bits per heavy atom. The summed E-state index contributed by atoms with van der Waals surface area (Å²) in [6.07, 6.45) is 14.1. The summed E-state index contributed by atoms with van der Waals surface area (Å²) in [5.41, 5.74) is 4.21. The first-order chi connectivity index (χ1) is 14.0. The van der Waals surface area contributed by atoms with Crippen molar-refractivity contribution in [3.05, 3.63) is 35.5 Å². The first kappa shape index (κ1) is 22.3. The molecule has 7 atom stereocenters. The molecule has 4 aliphatic rings. The fourth-order valence-corrected chi connectivity index (χ4v) is 7.88. The van der Waals surface area contributed by atoms with Crippen molar-refractivity contribution < 1.29 is 10.2 Å². The summed E-state index contributed by atoms with van der Waals surface area (Å²) in [5.74, 6) is 2.09. The second-order valence-corrected chi connectivity index (χ2v) is 12.1. The SMILES string of the molecule is C=C(CC[C@](C)(O)[C@H]1CC[C@H]2C3=CC=C4C[C@@H](O)CC[C@]4(C)[C@H]3CC[C@@]21C)C(C)C. The Hall–Kier alpha value is -0.860. The zero-order chi connectivity index (χ0) is 21.9. The van der Waals surface area contributed by atoms with Gasteiger partial charge in [-0.3, -0.25) is 0 Å². The normalized spacial score (nSPS) is 42.5. The van der Waals surface area contributed by atoms with E-state index in [2.05, 4.69) is 53.3 Å². The molecule has 30 heavy (non-hydrogen) atoms. The van der Waals surface area contributed by atoms with Crippen molar-refractivity contribution in [1.82, 2.24) is 0 Å². The molecule has 0 radical (unpaired) electrons. The van der Waals surface area contributed by atoms with Gasteiger partial charge >= 0.3 is 0 Å². The summed E-state index contributed by atoms with van der Waals surface area (Å²) < 4.78 is 0. The molecule has 2 nitrogen and oxygen atoms in total. The van der Waals surface area contributed by atoms with Gasteiger partial charge in [0.25, 0.3) is 0 Å². The van der Waals surface area contributed by atoms with Gasteiger partial charge in [-0.15, -0.1) is 0 Å². The predicted octanol–water partition coefficient (Wildman–Crippen LogP) is 6.59. The van der Waals surface area contributed by atoms with Gasteiger partial charge in [0.15, 0.2) is 0 Å². The molecule has 4 aliphatic carbocycles. The largest absolute Gasteiger partial charge is 0.393 e. The van der Waals surface area contributed by atoms with E-state index >= 15 is 0 Å². The van der Waals surface area contributed by atoms with Crippen molar-refractivity contribution >= 4 is 0 Å². The smallest absolute Gasteiger partial charge is 0.0656 e. The van der Waals surface area contributed by atoms with Crippen LogP contribution in [0.25, 0.3) is 0 Å². The van der Waals surface area contributed by atoms with Crippen LogP contribution in [-0.4, -0.2) is 21.9 Å². The van der Waals surface area contributed by atoms with Gasteiger partial charge in [0.1, 0.15) is 0 Å². The maximum atomic E-state index is 11.6. The molecule has 0 aromatic heterocycles. The predicted molar refractivity (Wildman–Crippen MR) is 125 cm³/mol. The van der Waals surface area contributed by atoms with Crippen molar-refractivity contribution in [3.63, 3.8) is 0 Å². The van der Waals surface area contributed by atoms with Gasteiger partial charge < -0.3 is 10.2 Å². The molecule has 0 aliphatic heterocycles. The Morgan fingerprint density at radius 2 is 1.87 bits per heavy atom. The second-order valence-electron chi connectivity index (χ2n) is 12.1. The maximum Gasteiger partial charge on any atom is 0.0656 e. The average molecular weight is 413 g/mol. The van der Waals surface area contributed by atoms with E-state index in [0.717, 1.165) is 38.5 Å². The molecule has 0 heterocycles. The van der Waals surface area contributed by atoms with Crippen LogP contribution in [0.1, 0.15) is 92.4 Å². The van der Waals surface area contributed by atoms with E-state index < -0.39 is 5.60 Å². The van der Waals surface area contributed by atoms with E-state index in [1.807, 2.05) is 0 Å². The first-order valence-electron chi connectivity index (χ1n) is 12.5. The van der Waals surface area contributed by atoms with E-state index in [0.29, 0.717) is 23.7 Å². The fraction of sp³-hybridized carbons (Fsp3) is 0.786. The Bertz CT molecular complexity index is 757. The van der Waals surface area contributed by atoms with Crippen molar-refractivity contribution in [2.24, 2.45) is 34.5 Å². The van der Waals surface area contributed by atoms with Crippen LogP contribution < -0.4 is 0 Å². The maximum absolute atomic E-state index is 11.6. The monoisotopic (exact) mass is 412 g/mol. The molecule has 0 unspecified atom stereocenters. The number of aliphatic hydroxyl groups excluding tert-OH is 1. The van der Waals surface area contributed by atoms with Crippen molar-refractivity contribution in [2.45, 2.75) is 104 Å². The molecule has 4 rings (SSSR count). The van der Waals surface area contributed by atoms with Gasteiger partial charge in [0.2, 0.25) is 0 Å². The summed E-state index contributed by atoms with van der Waals surface area (Å²) in [5, 5.41) is 21.8. The zero-order valence-corrected chi connectivity index (χ0v) is 20.0. The van der Waals surface area contributed by atoms with E-state index in [4.69, 9.17) is 0 Å². The Balaban J connectivity index is 1.57. The standard InChI is InChI=1S/C28H44O2/c1-18(2)19(3)11-16-28(6,30)25-10-9-23-22-8-7-20-17-21(29)12-14-26(20,4)24(22)13-15-27(23,25)5/h7-8,18,21,23-25,29-30H,3,9-17H2,1-2,4-6H3/t21-,23-,24-,25-,26-,27-,28-/m0/s1. The lowest BCUT2D eigenvalue weighted by Crippen LogP contribution is -2.49. The molecule has 0 aromatic carbocycles. The third-order valence-corrected chi connectivity index (χ3v) is 10.1. The Labute approximate surface area is 184 Å². The molecule has 3 fully saturated rings. The number of hydrogen-bond donors (Lipinski definition) is 2. The Kier molecular flexibility index (Phi) is 5.68. The van der Waals surface area contributed by atoms with Crippen LogP contribution in [0.4, 0.5) is 0 Å². The highest BCUT2D eigenvalue weighted by Gasteiger charge is 2.59. The van der Waals surface area contributed by atoms with Gasteiger partial charge in [-0.25, -0.2) is 0 Å². The molecule has 0 spiro atoms. The van der Waals surface area contributed by atoms with E-state index in [1.54, 1.807) is 5.57 Å². The van der Waals surface area contributed by atoms with Gasteiger partial charge in [-0.2, -0.15) is 0 Å². The van der Waals surface area contributed by atoms with Crippen molar-refractivity contribution in [2.75, 3.05) is 0 Å². The molecule has 0 saturated heterocycles. The first-order valence-corrected chi connectivity index (χ1v) is 12.5. The minimum atomic E-state index is -0.622. The van der Waals surface area contributed by atoms with Crippen LogP contribution in [0.5, 0.6) is 0 Å². The third-order valence-electron chi connectivity index (χ3n) is 10.1. The average Bonchev–Trinajstić information content (AvgIpc) is 3.04. The summed E-state index contributed by atoms with van der Waals surface area (Å²) in [6, 6.07) is 0. The molecule has 3 saturated carbocycles. The molecule has 0 bridgehead atoms. The summed E-state index contributed by atoms with van der Waals surface area (Å²) >= 11 is 0. The van der Waals surface area contributed by atoms with Crippen LogP contribution in [0.2, 0.25) is 0 Å². The van der Waals surface area contributed by atoms with Gasteiger partial charge in [-0.1, -0.05) is 63.1 Å². The minimum absolute atomic E-state index is 0.153. The van der Waals surface area contributed by atoms with E-state index in [1.165, 1.54) is 30.4 Å². The van der Waals surface area contributed by atoms with Gasteiger partial charge in [0, 0.05) is 0 Å². The number of hydrogen-bond acceptors (Lipinski definition) is 2. The molecule has 0 amide bonds. The van der Waals surface area contributed by atoms with Crippen LogP contribution in [0.15, 0.2) is 35.5 Å². The van der Waals surface area contributed by atoms with Gasteiger partial charge in [0.05, 0.1) is 11.7 Å². The number of aliphatic hydroxyl groups is 2. The quantitative estimate of drug-likeness (QED) is 0.500. The van der Waals surface area contributed by atoms with Crippen molar-refractivity contribution in [3.8, 4) is 0 Å². The second kappa shape index (κ2) is 7.62. The Morgan fingerprint density at radius 3 is 2.57 bits per heavy atom. The molecule has 2 N–H and O–H groups in total. The van der Waals surface area contributed by atoms with Crippen LogP contribution in [0, 0.1) is 34.5 Å². The summed E-state index contributed by atoms with van der Waals surface area (Å²) in [4.78, 5) is 0. The molecular formula is C28H44O2. The fourth-order valence-electron chi connectivity index (χ4n) is 7.88. The molecule has 0 aromatic rings.